The molecule has 0 radical (unpaired) electrons. The Hall–Kier alpha value is -1.55. The molecular weight excluding hydrogens is 230 g/mol. The van der Waals surface area contributed by atoms with Crippen molar-refractivity contribution >= 4 is 5.91 Å². The predicted octanol–water partition coefficient (Wildman–Crippen LogP) is 1.62. The summed E-state index contributed by atoms with van der Waals surface area (Å²) in [6, 6.07) is 7.85. The molecule has 2 rings (SSSR count). The molecule has 98 valence electrons. The monoisotopic (exact) mass is 249 g/mol. The van der Waals surface area contributed by atoms with Crippen LogP contribution in [-0.4, -0.2) is 43.7 Å². The average molecular weight is 249 g/mol. The molecule has 0 saturated carbocycles. The maximum Gasteiger partial charge on any atom is 0.226 e. The molecule has 1 amide bonds. The second-order valence-corrected chi connectivity index (χ2v) is 4.41. The Morgan fingerprint density at radius 1 is 1.39 bits per heavy atom. The molecule has 4 nitrogen and oxygen atoms in total. The molecule has 1 aromatic rings. The first-order valence-electron chi connectivity index (χ1n) is 6.31. The number of morpholine rings is 1. The third kappa shape index (κ3) is 3.74. The molecule has 1 heterocycles. The normalized spacial score (nSPS) is 15.5. The molecule has 0 unspecified atom stereocenters. The first kappa shape index (κ1) is 12.9. The van der Waals surface area contributed by atoms with E-state index >= 15 is 0 Å². The van der Waals surface area contributed by atoms with Gasteiger partial charge in [-0.05, 0) is 24.6 Å². The van der Waals surface area contributed by atoms with E-state index < -0.39 is 0 Å². The van der Waals surface area contributed by atoms with Crippen molar-refractivity contribution in [3.63, 3.8) is 0 Å². The lowest BCUT2D eigenvalue weighted by atomic mass is 10.2. The van der Waals surface area contributed by atoms with Crippen molar-refractivity contribution in [1.82, 2.24) is 4.90 Å². The van der Waals surface area contributed by atoms with E-state index in [2.05, 4.69) is 0 Å². The molecule has 1 saturated heterocycles. The van der Waals surface area contributed by atoms with Gasteiger partial charge in [-0.1, -0.05) is 12.1 Å². The molecule has 0 bridgehead atoms. The minimum atomic E-state index is 0.144. The highest BCUT2D eigenvalue weighted by atomic mass is 16.5. The van der Waals surface area contributed by atoms with Crippen molar-refractivity contribution < 1.29 is 14.3 Å². The van der Waals surface area contributed by atoms with Gasteiger partial charge in [-0.15, -0.1) is 0 Å². The van der Waals surface area contributed by atoms with Gasteiger partial charge in [0, 0.05) is 13.1 Å². The van der Waals surface area contributed by atoms with Crippen molar-refractivity contribution in [2.75, 3.05) is 32.9 Å². The number of hydrogen-bond acceptors (Lipinski definition) is 3. The van der Waals surface area contributed by atoms with Gasteiger partial charge in [-0.25, -0.2) is 0 Å². The van der Waals surface area contributed by atoms with Crippen molar-refractivity contribution in [1.29, 1.82) is 0 Å². The summed E-state index contributed by atoms with van der Waals surface area (Å²) in [4.78, 5) is 13.7. The van der Waals surface area contributed by atoms with Crippen LogP contribution in [0.3, 0.4) is 0 Å². The third-order valence-electron chi connectivity index (χ3n) is 2.94. The predicted molar refractivity (Wildman–Crippen MR) is 68.7 cm³/mol. The number of carbonyl (C=O) groups is 1. The summed E-state index contributed by atoms with van der Waals surface area (Å²) in [6.45, 7) is 5.13. The number of nitrogens with zero attached hydrogens (tertiary/aromatic N) is 1. The largest absolute Gasteiger partial charge is 0.493 e. The molecule has 0 aliphatic carbocycles. The molecule has 0 spiro atoms. The summed E-state index contributed by atoms with van der Waals surface area (Å²) < 4.78 is 10.8. The fourth-order valence-corrected chi connectivity index (χ4v) is 1.93. The first-order valence-corrected chi connectivity index (χ1v) is 6.31. The Morgan fingerprint density at radius 3 is 2.89 bits per heavy atom. The Labute approximate surface area is 107 Å². The Balaban J connectivity index is 1.73. The Morgan fingerprint density at radius 2 is 2.17 bits per heavy atom. The van der Waals surface area contributed by atoms with Gasteiger partial charge in [0.1, 0.15) is 5.75 Å². The van der Waals surface area contributed by atoms with Crippen LogP contribution in [0.15, 0.2) is 24.3 Å². The fraction of sp³-hybridized carbons (Fsp3) is 0.500. The molecule has 0 N–H and O–H groups in total. The average Bonchev–Trinajstić information content (AvgIpc) is 2.40. The lowest BCUT2D eigenvalue weighted by molar-refractivity contribution is -0.135. The van der Waals surface area contributed by atoms with Crippen molar-refractivity contribution in [2.45, 2.75) is 13.3 Å². The standard InChI is InChI=1S/C14H19NO3/c1-12-3-2-4-13(11-12)18-8-5-14(16)15-6-9-17-10-7-15/h2-4,11H,5-10H2,1H3. The maximum absolute atomic E-state index is 11.8. The minimum Gasteiger partial charge on any atom is -0.493 e. The summed E-state index contributed by atoms with van der Waals surface area (Å²) in [5, 5.41) is 0. The third-order valence-corrected chi connectivity index (χ3v) is 2.94. The summed E-state index contributed by atoms with van der Waals surface area (Å²) >= 11 is 0. The van der Waals surface area contributed by atoms with Gasteiger partial charge in [-0.3, -0.25) is 4.79 Å². The number of benzene rings is 1. The second-order valence-electron chi connectivity index (χ2n) is 4.41. The lowest BCUT2D eigenvalue weighted by Gasteiger charge is -2.26. The molecule has 1 aliphatic rings. The summed E-state index contributed by atoms with van der Waals surface area (Å²) in [5.74, 6) is 0.968. The minimum absolute atomic E-state index is 0.144. The van der Waals surface area contributed by atoms with E-state index in [4.69, 9.17) is 9.47 Å². The van der Waals surface area contributed by atoms with E-state index in [-0.39, 0.29) is 5.91 Å². The van der Waals surface area contributed by atoms with Crippen LogP contribution < -0.4 is 4.74 Å². The van der Waals surface area contributed by atoms with Crippen LogP contribution >= 0.6 is 0 Å². The number of rotatable bonds is 4. The number of hydrogen-bond donors (Lipinski definition) is 0. The topological polar surface area (TPSA) is 38.8 Å². The summed E-state index contributed by atoms with van der Waals surface area (Å²) in [6.07, 6.45) is 0.425. The smallest absolute Gasteiger partial charge is 0.226 e. The van der Waals surface area contributed by atoms with Crippen LogP contribution in [0.4, 0.5) is 0 Å². The zero-order valence-corrected chi connectivity index (χ0v) is 10.7. The van der Waals surface area contributed by atoms with Crippen LogP contribution in [0.2, 0.25) is 0 Å². The Kier molecular flexibility index (Phi) is 4.59. The van der Waals surface area contributed by atoms with E-state index in [1.54, 1.807) is 0 Å². The molecule has 1 fully saturated rings. The van der Waals surface area contributed by atoms with E-state index in [0.29, 0.717) is 39.3 Å². The SMILES string of the molecule is Cc1cccc(OCCC(=O)N2CCOCC2)c1. The quantitative estimate of drug-likeness (QED) is 0.814. The van der Waals surface area contributed by atoms with Gasteiger partial charge >= 0.3 is 0 Å². The summed E-state index contributed by atoms with van der Waals surface area (Å²) in [7, 11) is 0. The number of ether oxygens (including phenoxy) is 2. The first-order chi connectivity index (χ1) is 8.75. The summed E-state index contributed by atoms with van der Waals surface area (Å²) in [5.41, 5.74) is 1.16. The van der Waals surface area contributed by atoms with Gasteiger partial charge in [-0.2, -0.15) is 0 Å². The van der Waals surface area contributed by atoms with Gasteiger partial charge < -0.3 is 14.4 Å². The number of amides is 1. The van der Waals surface area contributed by atoms with Gasteiger partial charge in [0.2, 0.25) is 5.91 Å². The number of aryl methyl sites for hydroxylation is 1. The second kappa shape index (κ2) is 6.40. The maximum atomic E-state index is 11.8. The Bertz CT molecular complexity index is 400. The van der Waals surface area contributed by atoms with Crippen molar-refractivity contribution in [2.24, 2.45) is 0 Å². The van der Waals surface area contributed by atoms with Crippen LogP contribution in [0.25, 0.3) is 0 Å². The molecule has 0 aromatic heterocycles. The molecule has 18 heavy (non-hydrogen) atoms. The zero-order valence-electron chi connectivity index (χ0n) is 10.7. The van der Waals surface area contributed by atoms with E-state index in [1.807, 2.05) is 36.1 Å². The van der Waals surface area contributed by atoms with E-state index in [1.165, 1.54) is 0 Å². The van der Waals surface area contributed by atoms with Crippen molar-refractivity contribution in [3.8, 4) is 5.75 Å². The van der Waals surface area contributed by atoms with Gasteiger partial charge in [0.15, 0.2) is 0 Å². The molecule has 1 aromatic carbocycles. The van der Waals surface area contributed by atoms with Crippen LogP contribution in [0.5, 0.6) is 5.75 Å². The molecule has 4 heteroatoms. The van der Waals surface area contributed by atoms with Crippen LogP contribution in [0.1, 0.15) is 12.0 Å². The van der Waals surface area contributed by atoms with Crippen LogP contribution in [-0.2, 0) is 9.53 Å². The zero-order chi connectivity index (χ0) is 12.8. The molecule has 0 atom stereocenters. The molecular formula is C14H19NO3. The highest BCUT2D eigenvalue weighted by molar-refractivity contribution is 5.76. The lowest BCUT2D eigenvalue weighted by Crippen LogP contribution is -2.41. The van der Waals surface area contributed by atoms with E-state index in [9.17, 15) is 4.79 Å². The van der Waals surface area contributed by atoms with Gasteiger partial charge in [0.25, 0.3) is 0 Å². The van der Waals surface area contributed by atoms with E-state index in [0.717, 1.165) is 11.3 Å². The van der Waals surface area contributed by atoms with Crippen LogP contribution in [0, 0.1) is 6.92 Å². The van der Waals surface area contributed by atoms with Gasteiger partial charge in [0.05, 0.1) is 26.2 Å². The van der Waals surface area contributed by atoms with Crippen molar-refractivity contribution in [3.05, 3.63) is 29.8 Å². The highest BCUT2D eigenvalue weighted by Crippen LogP contribution is 2.12. The highest BCUT2D eigenvalue weighted by Gasteiger charge is 2.16. The molecule has 1 aliphatic heterocycles. The number of carbonyl (C=O) groups excluding carboxylic acids is 1. The fourth-order valence-electron chi connectivity index (χ4n) is 1.93.